The second kappa shape index (κ2) is 6.20. The normalized spacial score (nSPS) is 17.0. The molecule has 110 valence electrons. The van der Waals surface area contributed by atoms with Gasteiger partial charge in [0.15, 0.2) is 0 Å². The molecule has 2 heterocycles. The molecule has 0 aliphatic carbocycles. The van der Waals surface area contributed by atoms with Gasteiger partial charge in [-0.15, -0.1) is 5.48 Å². The molecule has 1 N–H and O–H groups in total. The average molecular weight is 285 g/mol. The number of hydrogen-bond donors (Lipinski definition) is 1. The standard InChI is InChI=1S/C16H19N3O2/c1-19-8-6-14(7-9-19)18-21-16(20)13-10-12-4-2-3-5-15(12)17-11-13/h2-5,10-11,14,18H,6-9H2,1H3. The summed E-state index contributed by atoms with van der Waals surface area (Å²) in [6.45, 7) is 2.04. The van der Waals surface area contributed by atoms with Crippen LogP contribution in [0, 0.1) is 0 Å². The van der Waals surface area contributed by atoms with Gasteiger partial charge in [0.25, 0.3) is 0 Å². The number of benzene rings is 1. The summed E-state index contributed by atoms with van der Waals surface area (Å²) in [5.41, 5.74) is 4.22. The molecule has 3 rings (SSSR count). The number of rotatable bonds is 3. The van der Waals surface area contributed by atoms with Crippen LogP contribution in [0.15, 0.2) is 36.5 Å². The molecular weight excluding hydrogens is 266 g/mol. The minimum Gasteiger partial charge on any atom is -0.366 e. The summed E-state index contributed by atoms with van der Waals surface area (Å²) in [5.74, 6) is -0.382. The van der Waals surface area contributed by atoms with E-state index in [0.29, 0.717) is 5.56 Å². The van der Waals surface area contributed by atoms with Gasteiger partial charge >= 0.3 is 5.97 Å². The van der Waals surface area contributed by atoms with E-state index in [2.05, 4.69) is 22.4 Å². The number of hydroxylamine groups is 1. The van der Waals surface area contributed by atoms with Crippen molar-refractivity contribution in [1.29, 1.82) is 0 Å². The highest BCUT2D eigenvalue weighted by Crippen LogP contribution is 2.14. The van der Waals surface area contributed by atoms with E-state index in [-0.39, 0.29) is 12.0 Å². The Kier molecular flexibility index (Phi) is 4.13. The molecule has 1 aliphatic rings. The number of carbonyl (C=O) groups is 1. The van der Waals surface area contributed by atoms with E-state index in [1.165, 1.54) is 0 Å². The molecule has 21 heavy (non-hydrogen) atoms. The fourth-order valence-electron chi connectivity index (χ4n) is 2.50. The first-order valence-corrected chi connectivity index (χ1v) is 7.22. The van der Waals surface area contributed by atoms with E-state index in [4.69, 9.17) is 4.84 Å². The third kappa shape index (κ3) is 3.37. The van der Waals surface area contributed by atoms with Gasteiger partial charge in [0.2, 0.25) is 0 Å². The summed E-state index contributed by atoms with van der Waals surface area (Å²) in [6, 6.07) is 9.75. The molecule has 1 aliphatic heterocycles. The van der Waals surface area contributed by atoms with E-state index in [1.807, 2.05) is 24.3 Å². The maximum atomic E-state index is 12.1. The minimum atomic E-state index is -0.382. The highest BCUT2D eigenvalue weighted by molar-refractivity contribution is 5.93. The van der Waals surface area contributed by atoms with E-state index in [0.717, 1.165) is 36.8 Å². The number of carbonyl (C=O) groups excluding carboxylic acids is 1. The maximum absolute atomic E-state index is 12.1. The zero-order valence-electron chi connectivity index (χ0n) is 12.1. The Labute approximate surface area is 123 Å². The first-order valence-electron chi connectivity index (χ1n) is 7.22. The molecule has 0 saturated carbocycles. The van der Waals surface area contributed by atoms with Gasteiger partial charge in [-0.25, -0.2) is 4.79 Å². The molecule has 0 bridgehead atoms. The Hall–Kier alpha value is -1.98. The van der Waals surface area contributed by atoms with Gasteiger partial charge in [-0.2, -0.15) is 0 Å². The SMILES string of the molecule is CN1CCC(NOC(=O)c2cnc3ccccc3c2)CC1. The van der Waals surface area contributed by atoms with Crippen molar-refractivity contribution in [2.45, 2.75) is 18.9 Å². The highest BCUT2D eigenvalue weighted by Gasteiger charge is 2.18. The zero-order chi connectivity index (χ0) is 14.7. The number of fused-ring (bicyclic) bond motifs is 1. The number of likely N-dealkylation sites (tertiary alicyclic amines) is 1. The van der Waals surface area contributed by atoms with Crippen LogP contribution in [0.4, 0.5) is 0 Å². The summed E-state index contributed by atoms with van der Waals surface area (Å²) in [7, 11) is 2.10. The molecule has 0 amide bonds. The van der Waals surface area contributed by atoms with Crippen LogP contribution in [-0.4, -0.2) is 42.0 Å². The van der Waals surface area contributed by atoms with Crippen molar-refractivity contribution in [3.8, 4) is 0 Å². The molecule has 0 radical (unpaired) electrons. The summed E-state index contributed by atoms with van der Waals surface area (Å²) in [6.07, 6.45) is 3.53. The van der Waals surface area contributed by atoms with E-state index < -0.39 is 0 Å². The quantitative estimate of drug-likeness (QED) is 0.874. The Bertz CT molecular complexity index is 636. The fourth-order valence-corrected chi connectivity index (χ4v) is 2.50. The van der Waals surface area contributed by atoms with Crippen LogP contribution in [0.5, 0.6) is 0 Å². The van der Waals surface area contributed by atoms with Crippen LogP contribution in [-0.2, 0) is 4.84 Å². The van der Waals surface area contributed by atoms with Gasteiger partial charge in [-0.3, -0.25) is 4.98 Å². The van der Waals surface area contributed by atoms with E-state index in [9.17, 15) is 4.79 Å². The molecule has 5 heteroatoms. The van der Waals surface area contributed by atoms with Crippen molar-refractivity contribution in [3.63, 3.8) is 0 Å². The van der Waals surface area contributed by atoms with Crippen molar-refractivity contribution in [2.24, 2.45) is 0 Å². The number of pyridine rings is 1. The van der Waals surface area contributed by atoms with Crippen LogP contribution in [0.1, 0.15) is 23.2 Å². The van der Waals surface area contributed by atoms with Crippen LogP contribution >= 0.6 is 0 Å². The number of hydrogen-bond acceptors (Lipinski definition) is 5. The second-order valence-corrected chi connectivity index (χ2v) is 5.50. The van der Waals surface area contributed by atoms with Crippen molar-refractivity contribution in [3.05, 3.63) is 42.1 Å². The van der Waals surface area contributed by atoms with E-state index >= 15 is 0 Å². The average Bonchev–Trinajstić information content (AvgIpc) is 2.53. The van der Waals surface area contributed by atoms with Crippen molar-refractivity contribution in [1.82, 2.24) is 15.4 Å². The Morgan fingerprint density at radius 1 is 1.33 bits per heavy atom. The first kappa shape index (κ1) is 14.0. The van der Waals surface area contributed by atoms with Gasteiger partial charge < -0.3 is 9.74 Å². The summed E-state index contributed by atoms with van der Waals surface area (Å²) >= 11 is 0. The van der Waals surface area contributed by atoms with Crippen molar-refractivity contribution >= 4 is 16.9 Å². The number of nitrogens with one attached hydrogen (secondary N) is 1. The molecule has 1 aromatic carbocycles. The zero-order valence-corrected chi connectivity index (χ0v) is 12.1. The van der Waals surface area contributed by atoms with Crippen molar-refractivity contribution < 1.29 is 9.63 Å². The maximum Gasteiger partial charge on any atom is 0.358 e. The van der Waals surface area contributed by atoms with Gasteiger partial charge in [-0.1, -0.05) is 18.2 Å². The Morgan fingerprint density at radius 3 is 2.90 bits per heavy atom. The molecule has 2 aromatic rings. The third-order valence-electron chi connectivity index (χ3n) is 3.86. The van der Waals surface area contributed by atoms with Crippen molar-refractivity contribution in [2.75, 3.05) is 20.1 Å². The Balaban J connectivity index is 1.61. The summed E-state index contributed by atoms with van der Waals surface area (Å²) in [5, 5.41) is 0.936. The molecule has 1 aromatic heterocycles. The third-order valence-corrected chi connectivity index (χ3v) is 3.86. The lowest BCUT2D eigenvalue weighted by Crippen LogP contribution is -2.41. The number of aromatic nitrogens is 1. The van der Waals surface area contributed by atoms with Crippen LogP contribution in [0.2, 0.25) is 0 Å². The summed E-state index contributed by atoms with van der Waals surface area (Å²) < 4.78 is 0. The van der Waals surface area contributed by atoms with Gasteiger partial charge in [0.1, 0.15) is 0 Å². The Morgan fingerprint density at radius 2 is 2.10 bits per heavy atom. The van der Waals surface area contributed by atoms with Gasteiger partial charge in [0.05, 0.1) is 11.1 Å². The molecule has 1 saturated heterocycles. The fraction of sp³-hybridized carbons (Fsp3) is 0.375. The number of nitrogens with zero attached hydrogens (tertiary/aromatic N) is 2. The van der Waals surface area contributed by atoms with E-state index in [1.54, 1.807) is 12.3 Å². The molecule has 0 unspecified atom stereocenters. The molecule has 0 spiro atoms. The predicted octanol–water partition coefficient (Wildman–Crippen LogP) is 1.99. The second-order valence-electron chi connectivity index (χ2n) is 5.50. The topological polar surface area (TPSA) is 54.5 Å². The lowest BCUT2D eigenvalue weighted by molar-refractivity contribution is 0.00820. The lowest BCUT2D eigenvalue weighted by Gasteiger charge is -2.28. The predicted molar refractivity (Wildman–Crippen MR) is 80.8 cm³/mol. The highest BCUT2D eigenvalue weighted by atomic mass is 16.7. The monoisotopic (exact) mass is 285 g/mol. The van der Waals surface area contributed by atoms with Crippen LogP contribution in [0.3, 0.4) is 0 Å². The van der Waals surface area contributed by atoms with Crippen LogP contribution in [0.25, 0.3) is 10.9 Å². The van der Waals surface area contributed by atoms with Gasteiger partial charge in [-0.05, 0) is 45.1 Å². The first-order chi connectivity index (χ1) is 10.2. The number of piperidine rings is 1. The molecule has 1 fully saturated rings. The number of para-hydroxylation sites is 1. The molecule has 5 nitrogen and oxygen atoms in total. The molecular formula is C16H19N3O2. The molecule has 0 atom stereocenters. The minimum absolute atomic E-state index is 0.235. The van der Waals surface area contributed by atoms with Crippen LogP contribution < -0.4 is 5.48 Å². The van der Waals surface area contributed by atoms with Gasteiger partial charge in [0, 0.05) is 17.6 Å². The lowest BCUT2D eigenvalue weighted by atomic mass is 10.1. The smallest absolute Gasteiger partial charge is 0.358 e. The summed E-state index contributed by atoms with van der Waals surface area (Å²) in [4.78, 5) is 23.8. The largest absolute Gasteiger partial charge is 0.366 e.